The maximum Gasteiger partial charge on any atom is 1.00 e. The van der Waals surface area contributed by atoms with Gasteiger partial charge in [0.2, 0.25) is 0 Å². The van der Waals surface area contributed by atoms with Gasteiger partial charge in [0.1, 0.15) is 12.7 Å². The van der Waals surface area contributed by atoms with Gasteiger partial charge in [-0.25, -0.2) is 0 Å². The molecule has 1 unspecified atom stereocenters. The fourth-order valence-electron chi connectivity index (χ4n) is 3.05. The van der Waals surface area contributed by atoms with Crippen LogP contribution in [-0.2, 0) is 6.54 Å². The van der Waals surface area contributed by atoms with Crippen molar-refractivity contribution in [1.82, 2.24) is 15.1 Å². The molecule has 0 aliphatic carbocycles. The number of carbonyl (C=O) groups excluding carboxylic acids is 1. The Hall–Kier alpha value is -1.71. The molecule has 1 aliphatic rings. The number of amides is 1. The zero-order valence-electron chi connectivity index (χ0n) is 19.2. The Morgan fingerprint density at radius 2 is 2.10 bits per heavy atom. The monoisotopic (exact) mass is 444 g/mol. The first kappa shape index (κ1) is 25.5. The third-order valence-corrected chi connectivity index (χ3v) is 4.82. The maximum absolute atomic E-state index is 12.8. The van der Waals surface area contributed by atoms with Crippen LogP contribution in [0.5, 0.6) is 0 Å². The molecular formula is C23H29KN6O. The molecule has 0 bridgehead atoms. The van der Waals surface area contributed by atoms with E-state index in [1.807, 2.05) is 68.6 Å². The van der Waals surface area contributed by atoms with Crippen molar-refractivity contribution in [1.29, 1.82) is 0 Å². The Morgan fingerprint density at radius 1 is 1.35 bits per heavy atom. The van der Waals surface area contributed by atoms with Gasteiger partial charge in [0.25, 0.3) is 5.91 Å². The minimum atomic E-state index is -0.158. The number of aliphatic imine (C=N–C) groups is 1. The third-order valence-electron chi connectivity index (χ3n) is 4.82. The second kappa shape index (κ2) is 11.8. The zero-order chi connectivity index (χ0) is 21.7. The molecule has 2 aromatic rings. The Labute approximate surface area is 227 Å². The molecule has 158 valence electrons. The van der Waals surface area contributed by atoms with Gasteiger partial charge < -0.3 is 26.4 Å². The molecule has 2 heterocycles. The summed E-state index contributed by atoms with van der Waals surface area (Å²) >= 11 is 0. The molecule has 31 heavy (non-hydrogen) atoms. The first-order chi connectivity index (χ1) is 14.4. The predicted molar refractivity (Wildman–Crippen MR) is 120 cm³/mol. The number of rotatable bonds is 8. The van der Waals surface area contributed by atoms with Crippen LogP contribution in [0, 0.1) is 12.7 Å². The SMILES string of the molecule is CCn1nc(C(C)C)cc1C(=O)Nc1cccc(C(C)N[C-]=CN=C2C=[N+](C)[CH-]2)c1.[K+]. The van der Waals surface area contributed by atoms with Crippen LogP contribution >= 0.6 is 0 Å². The predicted octanol–water partition coefficient (Wildman–Crippen LogP) is 0.537. The molecule has 0 spiro atoms. The van der Waals surface area contributed by atoms with Gasteiger partial charge in [-0.05, 0) is 43.5 Å². The molecule has 8 heteroatoms. The van der Waals surface area contributed by atoms with E-state index in [1.165, 1.54) is 0 Å². The Balaban J connectivity index is 0.00000341. The Kier molecular flexibility index (Phi) is 9.71. The van der Waals surface area contributed by atoms with Crippen molar-refractivity contribution in [2.75, 3.05) is 12.4 Å². The van der Waals surface area contributed by atoms with Crippen LogP contribution in [0.1, 0.15) is 61.4 Å². The summed E-state index contributed by atoms with van der Waals surface area (Å²) < 4.78 is 3.69. The molecule has 1 aliphatic heterocycles. The topological polar surface area (TPSA) is 74.3 Å². The first-order valence-electron chi connectivity index (χ1n) is 10.2. The Bertz CT molecular complexity index is 1010. The van der Waals surface area contributed by atoms with Gasteiger partial charge in [0.05, 0.1) is 24.2 Å². The van der Waals surface area contributed by atoms with Crippen LogP contribution in [0.3, 0.4) is 0 Å². The average molecular weight is 445 g/mol. The number of nitrogens with zero attached hydrogens (tertiary/aromatic N) is 4. The van der Waals surface area contributed by atoms with Crippen LogP contribution in [0.2, 0.25) is 0 Å². The van der Waals surface area contributed by atoms with Crippen LogP contribution < -0.4 is 62.0 Å². The fourth-order valence-corrected chi connectivity index (χ4v) is 3.05. The molecule has 0 fully saturated rings. The Morgan fingerprint density at radius 3 is 2.74 bits per heavy atom. The smallest absolute Gasteiger partial charge is 0.560 e. The van der Waals surface area contributed by atoms with E-state index >= 15 is 0 Å². The van der Waals surface area contributed by atoms with Crippen molar-refractivity contribution in [2.24, 2.45) is 4.99 Å². The molecule has 1 atom stereocenters. The van der Waals surface area contributed by atoms with E-state index < -0.39 is 0 Å². The largest absolute Gasteiger partial charge is 1.00 e. The number of carbonyl (C=O) groups is 1. The summed E-state index contributed by atoms with van der Waals surface area (Å²) in [6.07, 6.45) is 6.55. The molecule has 3 rings (SSSR count). The molecule has 0 radical (unpaired) electrons. The third kappa shape index (κ3) is 6.88. The first-order valence-corrected chi connectivity index (χ1v) is 10.2. The zero-order valence-corrected chi connectivity index (χ0v) is 22.3. The second-order valence-corrected chi connectivity index (χ2v) is 7.62. The van der Waals surface area contributed by atoms with Gasteiger partial charge in [-0.1, -0.05) is 26.0 Å². The van der Waals surface area contributed by atoms with Crippen LogP contribution in [-0.4, -0.2) is 39.2 Å². The molecule has 1 amide bonds. The fraction of sp³-hybridized carbons (Fsp3) is 0.348. The maximum atomic E-state index is 12.8. The van der Waals surface area contributed by atoms with Gasteiger partial charge in [-0.3, -0.25) is 9.48 Å². The summed E-state index contributed by atoms with van der Waals surface area (Å²) in [7, 11) is 1.96. The van der Waals surface area contributed by atoms with E-state index in [2.05, 4.69) is 40.8 Å². The van der Waals surface area contributed by atoms with Crippen molar-refractivity contribution in [2.45, 2.75) is 46.2 Å². The molecule has 2 N–H and O–H groups in total. The van der Waals surface area contributed by atoms with Crippen molar-refractivity contribution in [3.8, 4) is 0 Å². The minimum absolute atomic E-state index is 0. The number of benzene rings is 1. The summed E-state index contributed by atoms with van der Waals surface area (Å²) in [5, 5.41) is 10.7. The number of aryl methyl sites for hydroxylation is 1. The number of nitrogens with one attached hydrogen (secondary N) is 2. The number of hydrogen-bond donors (Lipinski definition) is 2. The van der Waals surface area contributed by atoms with E-state index in [-0.39, 0.29) is 69.3 Å². The molecule has 0 saturated carbocycles. The normalized spacial score (nSPS) is 15.2. The standard InChI is InChI=1S/C23H29N6O.K/c1-6-29-22(13-21(27-29)16(2)3)23(30)26-19-9-7-8-18(12-19)17(4)24-10-11-25-20-14-28(5)15-20;/h7-9,11-17,24H,6H2,1-5H3,(H,26,30);/q-1;+1. The molecule has 0 saturated heterocycles. The van der Waals surface area contributed by atoms with Gasteiger partial charge in [0.15, 0.2) is 0 Å². The van der Waals surface area contributed by atoms with E-state index in [0.717, 1.165) is 22.7 Å². The van der Waals surface area contributed by atoms with E-state index in [1.54, 1.807) is 10.9 Å². The van der Waals surface area contributed by atoms with Crippen molar-refractivity contribution in [3.63, 3.8) is 0 Å². The molecule has 1 aromatic heterocycles. The van der Waals surface area contributed by atoms with Crippen LogP contribution in [0.4, 0.5) is 5.69 Å². The summed E-state index contributed by atoms with van der Waals surface area (Å²) in [6.45, 7) is 10.7. The van der Waals surface area contributed by atoms with E-state index in [0.29, 0.717) is 12.2 Å². The van der Waals surface area contributed by atoms with E-state index in [9.17, 15) is 4.79 Å². The molecule has 7 nitrogen and oxygen atoms in total. The summed E-state index contributed by atoms with van der Waals surface area (Å²) in [6, 6.07) is 9.67. The van der Waals surface area contributed by atoms with Crippen LogP contribution in [0.15, 0.2) is 41.5 Å². The minimum Gasteiger partial charge on any atom is -0.560 e. The quantitative estimate of drug-likeness (QED) is 0.270. The number of anilines is 1. The van der Waals surface area contributed by atoms with Gasteiger partial charge in [-0.15, -0.1) is 6.20 Å². The average Bonchev–Trinajstić information content (AvgIpc) is 3.14. The van der Waals surface area contributed by atoms with Crippen molar-refractivity contribution < 1.29 is 60.8 Å². The van der Waals surface area contributed by atoms with Crippen molar-refractivity contribution >= 4 is 23.5 Å². The molecule has 1 aromatic carbocycles. The van der Waals surface area contributed by atoms with Crippen LogP contribution in [0.25, 0.3) is 0 Å². The summed E-state index contributed by atoms with van der Waals surface area (Å²) in [5.41, 5.74) is 4.18. The van der Waals surface area contributed by atoms with Gasteiger partial charge >= 0.3 is 51.4 Å². The number of aromatic nitrogens is 2. The second-order valence-electron chi connectivity index (χ2n) is 7.62. The van der Waals surface area contributed by atoms with Gasteiger partial charge in [-0.2, -0.15) is 5.10 Å². The van der Waals surface area contributed by atoms with E-state index in [4.69, 9.17) is 0 Å². The van der Waals surface area contributed by atoms with Gasteiger partial charge in [0, 0.05) is 18.3 Å². The van der Waals surface area contributed by atoms with Crippen molar-refractivity contribution in [3.05, 3.63) is 66.2 Å². The summed E-state index contributed by atoms with van der Waals surface area (Å²) in [5.74, 6) is 0.115. The molecular weight excluding hydrogens is 415 g/mol. The number of hydrogen-bond acceptors (Lipinski definition) is 4. The summed E-state index contributed by atoms with van der Waals surface area (Å²) in [4.78, 5) is 17.1.